The fraction of sp³-hybridized carbons (Fsp3) is 0.444. The van der Waals surface area contributed by atoms with Crippen LogP contribution in [0, 0.1) is 0 Å². The molecular formula is C18H25N3O5S. The van der Waals surface area contributed by atoms with Gasteiger partial charge in [0.25, 0.3) is 5.91 Å². The molecule has 0 aliphatic rings. The van der Waals surface area contributed by atoms with Crippen molar-refractivity contribution in [3.63, 3.8) is 0 Å². The molecule has 0 aliphatic heterocycles. The molecule has 1 aromatic carbocycles. The number of ether oxygens (including phenoxy) is 2. The van der Waals surface area contributed by atoms with E-state index in [-0.39, 0.29) is 11.6 Å². The summed E-state index contributed by atoms with van der Waals surface area (Å²) in [5, 5.41) is 2.68. The molecule has 9 heteroatoms. The van der Waals surface area contributed by atoms with Gasteiger partial charge in [0.05, 0.1) is 7.11 Å². The first-order chi connectivity index (χ1) is 12.6. The fourth-order valence-corrected chi connectivity index (χ4v) is 2.19. The first-order valence-electron chi connectivity index (χ1n) is 8.14. The molecule has 1 rings (SSSR count). The zero-order valence-electron chi connectivity index (χ0n) is 16.1. The van der Waals surface area contributed by atoms with E-state index in [4.69, 9.17) is 15.2 Å². The second-order valence-electron chi connectivity index (χ2n) is 6.58. The van der Waals surface area contributed by atoms with E-state index in [1.54, 1.807) is 51.3 Å². The van der Waals surface area contributed by atoms with Crippen LogP contribution in [0.1, 0.15) is 36.7 Å². The van der Waals surface area contributed by atoms with Crippen LogP contribution in [0.4, 0.5) is 4.79 Å². The predicted octanol–water partition coefficient (Wildman–Crippen LogP) is 2.11. The highest BCUT2D eigenvalue weighted by Crippen LogP contribution is 2.11. The van der Waals surface area contributed by atoms with Gasteiger partial charge < -0.3 is 20.5 Å². The molecule has 1 aromatic rings. The van der Waals surface area contributed by atoms with Gasteiger partial charge in [-0.15, -0.1) is 0 Å². The summed E-state index contributed by atoms with van der Waals surface area (Å²) in [4.78, 5) is 39.6. The number of amidine groups is 1. The SMILES string of the molecule is COC(=O)C(Cc1ccc(C(=O)N=C(N)SC)cc1)NC(=O)OC(C)(C)C. The van der Waals surface area contributed by atoms with Gasteiger partial charge in [-0.25, -0.2) is 9.59 Å². The summed E-state index contributed by atoms with van der Waals surface area (Å²) in [5.74, 6) is -1.05. The third-order valence-corrected chi connectivity index (χ3v) is 3.75. The van der Waals surface area contributed by atoms with Gasteiger partial charge in [0.2, 0.25) is 0 Å². The quantitative estimate of drug-likeness (QED) is 0.445. The standard InChI is InChI=1S/C18H25N3O5S/c1-18(2,3)26-17(24)20-13(15(23)25-4)10-11-6-8-12(9-7-11)14(22)21-16(19)27-5/h6-9,13H,10H2,1-5H3,(H,20,24)(H2,19,21,22). The van der Waals surface area contributed by atoms with Crippen molar-refractivity contribution in [3.05, 3.63) is 35.4 Å². The summed E-state index contributed by atoms with van der Waals surface area (Å²) in [7, 11) is 1.24. The number of carbonyl (C=O) groups is 3. The number of amides is 2. The number of hydrogen-bond donors (Lipinski definition) is 2. The summed E-state index contributed by atoms with van der Waals surface area (Å²) in [6, 6.07) is 5.58. The topological polar surface area (TPSA) is 120 Å². The third kappa shape index (κ3) is 8.12. The van der Waals surface area contributed by atoms with Gasteiger partial charge in [-0.3, -0.25) is 4.79 Å². The van der Waals surface area contributed by atoms with Crippen LogP contribution in [-0.4, -0.2) is 48.1 Å². The first kappa shape index (κ1) is 22.5. The van der Waals surface area contributed by atoms with Crippen LogP contribution < -0.4 is 11.1 Å². The molecule has 0 radical (unpaired) electrons. The first-order valence-corrected chi connectivity index (χ1v) is 9.37. The van der Waals surface area contributed by atoms with E-state index < -0.39 is 29.6 Å². The number of hydrogen-bond acceptors (Lipinski definition) is 6. The molecule has 3 N–H and O–H groups in total. The van der Waals surface area contributed by atoms with Crippen molar-refractivity contribution in [2.45, 2.75) is 38.8 Å². The largest absolute Gasteiger partial charge is 0.467 e. The minimum atomic E-state index is -0.920. The Balaban J connectivity index is 2.85. The number of nitrogens with one attached hydrogen (secondary N) is 1. The number of alkyl carbamates (subject to hydrolysis) is 1. The van der Waals surface area contributed by atoms with E-state index in [2.05, 4.69) is 10.3 Å². The summed E-state index contributed by atoms with van der Waals surface area (Å²) in [6.45, 7) is 5.17. The third-order valence-electron chi connectivity index (χ3n) is 3.24. The number of nitrogens with two attached hydrogens (primary N) is 1. The predicted molar refractivity (Wildman–Crippen MR) is 105 cm³/mol. The molecule has 8 nitrogen and oxygen atoms in total. The number of esters is 1. The van der Waals surface area contributed by atoms with Crippen LogP contribution >= 0.6 is 11.8 Å². The van der Waals surface area contributed by atoms with Crippen molar-refractivity contribution in [1.29, 1.82) is 0 Å². The van der Waals surface area contributed by atoms with Gasteiger partial charge in [0, 0.05) is 12.0 Å². The highest BCUT2D eigenvalue weighted by molar-refractivity contribution is 8.13. The van der Waals surface area contributed by atoms with Gasteiger partial charge in [-0.2, -0.15) is 4.99 Å². The zero-order valence-corrected chi connectivity index (χ0v) is 16.9. The second-order valence-corrected chi connectivity index (χ2v) is 7.41. The van der Waals surface area contributed by atoms with Crippen molar-refractivity contribution in [2.75, 3.05) is 13.4 Å². The molecule has 27 heavy (non-hydrogen) atoms. The van der Waals surface area contributed by atoms with Crippen LogP contribution in [0.3, 0.4) is 0 Å². The van der Waals surface area contributed by atoms with Crippen LogP contribution in [0.5, 0.6) is 0 Å². The Labute approximate surface area is 162 Å². The maximum absolute atomic E-state index is 12.0. The lowest BCUT2D eigenvalue weighted by molar-refractivity contribution is -0.143. The molecule has 1 unspecified atom stereocenters. The lowest BCUT2D eigenvalue weighted by Crippen LogP contribution is -2.45. The van der Waals surface area contributed by atoms with Crippen molar-refractivity contribution in [3.8, 4) is 0 Å². The van der Waals surface area contributed by atoms with Gasteiger partial charge >= 0.3 is 12.1 Å². The molecule has 0 aromatic heterocycles. The van der Waals surface area contributed by atoms with Gasteiger partial charge in [-0.05, 0) is 44.7 Å². The number of nitrogens with zero attached hydrogens (tertiary/aromatic N) is 1. The number of thioether (sulfide) groups is 1. The molecule has 1 atom stereocenters. The Hall–Kier alpha value is -2.55. The van der Waals surface area contributed by atoms with E-state index in [1.807, 2.05) is 0 Å². The Kier molecular flexibility index (Phi) is 8.30. The summed E-state index contributed by atoms with van der Waals surface area (Å²) in [5.41, 5.74) is 5.93. The molecule has 0 fully saturated rings. The minimum absolute atomic E-state index is 0.177. The van der Waals surface area contributed by atoms with Gasteiger partial charge in [0.1, 0.15) is 11.6 Å². The maximum atomic E-state index is 12.0. The van der Waals surface area contributed by atoms with Crippen molar-refractivity contribution >= 4 is 34.9 Å². The second kappa shape index (κ2) is 9.96. The monoisotopic (exact) mass is 395 g/mol. The zero-order chi connectivity index (χ0) is 20.6. The smallest absolute Gasteiger partial charge is 0.408 e. The summed E-state index contributed by atoms with van der Waals surface area (Å²) in [6.07, 6.45) is 1.18. The average molecular weight is 395 g/mol. The normalized spacial score (nSPS) is 12.9. The molecule has 0 heterocycles. The van der Waals surface area contributed by atoms with Crippen molar-refractivity contribution in [2.24, 2.45) is 10.7 Å². The molecule has 0 spiro atoms. The fourth-order valence-electron chi connectivity index (χ4n) is 2.01. The number of rotatable bonds is 5. The number of benzene rings is 1. The Morgan fingerprint density at radius 2 is 1.81 bits per heavy atom. The van der Waals surface area contributed by atoms with Crippen molar-refractivity contribution < 1.29 is 23.9 Å². The van der Waals surface area contributed by atoms with Crippen LogP contribution in [0.2, 0.25) is 0 Å². The van der Waals surface area contributed by atoms with Gasteiger partial charge in [0.15, 0.2) is 5.17 Å². The molecule has 0 aliphatic carbocycles. The maximum Gasteiger partial charge on any atom is 0.408 e. The minimum Gasteiger partial charge on any atom is -0.467 e. The van der Waals surface area contributed by atoms with Crippen molar-refractivity contribution in [1.82, 2.24) is 5.32 Å². The van der Waals surface area contributed by atoms with Gasteiger partial charge in [-0.1, -0.05) is 23.9 Å². The average Bonchev–Trinajstić information content (AvgIpc) is 2.59. The number of methoxy groups -OCH3 is 1. The molecular weight excluding hydrogens is 370 g/mol. The summed E-state index contributed by atoms with van der Waals surface area (Å²) >= 11 is 1.18. The molecule has 0 saturated carbocycles. The highest BCUT2D eigenvalue weighted by Gasteiger charge is 2.25. The molecule has 148 valence electrons. The Morgan fingerprint density at radius 1 is 1.22 bits per heavy atom. The Bertz CT molecular complexity index is 711. The molecule has 0 bridgehead atoms. The molecule has 0 saturated heterocycles. The van der Waals surface area contributed by atoms with E-state index in [1.165, 1.54) is 18.9 Å². The van der Waals surface area contributed by atoms with Crippen LogP contribution in [0.15, 0.2) is 29.3 Å². The van der Waals surface area contributed by atoms with E-state index in [0.717, 1.165) is 5.56 Å². The lowest BCUT2D eigenvalue weighted by Gasteiger charge is -2.22. The lowest BCUT2D eigenvalue weighted by atomic mass is 10.0. The number of carbonyl (C=O) groups excluding carboxylic acids is 3. The van der Waals surface area contributed by atoms with E-state index in [0.29, 0.717) is 5.56 Å². The van der Waals surface area contributed by atoms with Crippen LogP contribution in [-0.2, 0) is 20.7 Å². The Morgan fingerprint density at radius 3 is 2.30 bits per heavy atom. The van der Waals surface area contributed by atoms with Crippen LogP contribution in [0.25, 0.3) is 0 Å². The number of aliphatic imine (C=N–C) groups is 1. The highest BCUT2D eigenvalue weighted by atomic mass is 32.2. The van der Waals surface area contributed by atoms with E-state index in [9.17, 15) is 14.4 Å². The summed E-state index contributed by atoms with van der Waals surface area (Å²) < 4.78 is 9.90. The molecule has 2 amide bonds. The van der Waals surface area contributed by atoms with E-state index >= 15 is 0 Å².